The van der Waals surface area contributed by atoms with E-state index in [1.807, 2.05) is 35.9 Å². The molecule has 0 aliphatic heterocycles. The van der Waals surface area contributed by atoms with Crippen molar-refractivity contribution in [3.05, 3.63) is 47.3 Å². The van der Waals surface area contributed by atoms with Gasteiger partial charge in [0.05, 0.1) is 29.6 Å². The molecule has 0 aliphatic carbocycles. The normalized spacial score (nSPS) is 10.1. The van der Waals surface area contributed by atoms with E-state index in [0.29, 0.717) is 5.56 Å². The molecule has 1 aromatic carbocycles. The molecule has 0 radical (unpaired) electrons. The Bertz CT molecular complexity index is 560. The zero-order chi connectivity index (χ0) is 13.0. The summed E-state index contributed by atoms with van der Waals surface area (Å²) in [4.78, 5) is 0. The second-order valence-corrected chi connectivity index (χ2v) is 4.14. The van der Waals surface area contributed by atoms with Crippen LogP contribution in [0.3, 0.4) is 0 Å². The first kappa shape index (κ1) is 12.2. The van der Waals surface area contributed by atoms with E-state index in [1.54, 1.807) is 0 Å². The van der Waals surface area contributed by atoms with Gasteiger partial charge in [-0.15, -0.1) is 0 Å². The molecule has 0 atom stereocenters. The van der Waals surface area contributed by atoms with Crippen LogP contribution in [-0.2, 0) is 13.1 Å². The third kappa shape index (κ3) is 2.69. The molecule has 4 heteroatoms. The molecule has 0 fully saturated rings. The summed E-state index contributed by atoms with van der Waals surface area (Å²) in [5.74, 6) is 0. The van der Waals surface area contributed by atoms with Crippen molar-refractivity contribution in [3.8, 4) is 6.07 Å². The van der Waals surface area contributed by atoms with E-state index in [1.165, 1.54) is 5.69 Å². The molecule has 92 valence electrons. The number of aryl methyl sites for hydroxylation is 2. The van der Waals surface area contributed by atoms with Gasteiger partial charge in [-0.25, -0.2) is 0 Å². The highest BCUT2D eigenvalue weighted by Crippen LogP contribution is 2.11. The number of anilines is 1. The molecular weight excluding hydrogens is 224 g/mol. The molecule has 0 unspecified atom stereocenters. The van der Waals surface area contributed by atoms with Gasteiger partial charge in [0.1, 0.15) is 0 Å². The Morgan fingerprint density at radius 1 is 1.33 bits per heavy atom. The second kappa shape index (κ2) is 5.37. The Morgan fingerprint density at radius 3 is 2.67 bits per heavy atom. The zero-order valence-corrected chi connectivity index (χ0v) is 10.6. The van der Waals surface area contributed by atoms with E-state index in [0.717, 1.165) is 24.5 Å². The lowest BCUT2D eigenvalue weighted by Crippen LogP contribution is -2.07. The van der Waals surface area contributed by atoms with Crippen molar-refractivity contribution in [1.29, 1.82) is 5.26 Å². The minimum atomic E-state index is 0.676. The highest BCUT2D eigenvalue weighted by molar-refractivity contribution is 5.47. The molecule has 2 rings (SSSR count). The molecule has 1 heterocycles. The standard InChI is InChI=1S/C14H16N4/c1-3-18-14(8-11(2)17-18)10-16-13-6-4-12(9-15)5-7-13/h4-8,16H,3,10H2,1-2H3. The van der Waals surface area contributed by atoms with Crippen LogP contribution in [0.15, 0.2) is 30.3 Å². The van der Waals surface area contributed by atoms with Gasteiger partial charge in [0, 0.05) is 12.2 Å². The minimum absolute atomic E-state index is 0.676. The molecule has 1 N–H and O–H groups in total. The van der Waals surface area contributed by atoms with Gasteiger partial charge in [-0.3, -0.25) is 4.68 Å². The minimum Gasteiger partial charge on any atom is -0.379 e. The number of rotatable bonds is 4. The summed E-state index contributed by atoms with van der Waals surface area (Å²) >= 11 is 0. The number of hydrogen-bond acceptors (Lipinski definition) is 3. The van der Waals surface area contributed by atoms with Crippen LogP contribution in [0, 0.1) is 18.3 Å². The first-order valence-electron chi connectivity index (χ1n) is 6.00. The SMILES string of the molecule is CCn1nc(C)cc1CNc1ccc(C#N)cc1. The summed E-state index contributed by atoms with van der Waals surface area (Å²) in [6.45, 7) is 5.69. The lowest BCUT2D eigenvalue weighted by molar-refractivity contribution is 0.623. The van der Waals surface area contributed by atoms with Crippen molar-refractivity contribution < 1.29 is 0 Å². The average molecular weight is 240 g/mol. The van der Waals surface area contributed by atoms with Gasteiger partial charge in [0.25, 0.3) is 0 Å². The van der Waals surface area contributed by atoms with Gasteiger partial charge in [-0.1, -0.05) is 0 Å². The third-order valence-electron chi connectivity index (χ3n) is 2.77. The lowest BCUT2D eigenvalue weighted by atomic mass is 10.2. The van der Waals surface area contributed by atoms with Crippen LogP contribution in [0.4, 0.5) is 5.69 Å². The molecular formula is C14H16N4. The summed E-state index contributed by atoms with van der Waals surface area (Å²) in [6, 6.07) is 11.6. The molecule has 0 aliphatic rings. The molecule has 1 aromatic heterocycles. The summed E-state index contributed by atoms with van der Waals surface area (Å²) in [6.07, 6.45) is 0. The summed E-state index contributed by atoms with van der Waals surface area (Å²) in [5, 5.41) is 16.5. The number of benzene rings is 1. The van der Waals surface area contributed by atoms with Crippen LogP contribution in [0.1, 0.15) is 23.9 Å². The maximum absolute atomic E-state index is 8.73. The van der Waals surface area contributed by atoms with Crippen LogP contribution >= 0.6 is 0 Å². The topological polar surface area (TPSA) is 53.6 Å². The van der Waals surface area contributed by atoms with Crippen molar-refractivity contribution in [3.63, 3.8) is 0 Å². The van der Waals surface area contributed by atoms with Crippen molar-refractivity contribution in [2.45, 2.75) is 26.9 Å². The largest absolute Gasteiger partial charge is 0.379 e. The molecule has 4 nitrogen and oxygen atoms in total. The van der Waals surface area contributed by atoms with Crippen molar-refractivity contribution >= 4 is 5.69 Å². The lowest BCUT2D eigenvalue weighted by Gasteiger charge is -2.07. The monoisotopic (exact) mass is 240 g/mol. The molecule has 18 heavy (non-hydrogen) atoms. The van der Waals surface area contributed by atoms with Crippen LogP contribution in [0.5, 0.6) is 0 Å². The molecule has 0 saturated heterocycles. The van der Waals surface area contributed by atoms with E-state index in [-0.39, 0.29) is 0 Å². The molecule has 0 saturated carbocycles. The zero-order valence-electron chi connectivity index (χ0n) is 10.6. The number of nitrogens with zero attached hydrogens (tertiary/aromatic N) is 3. The highest BCUT2D eigenvalue weighted by Gasteiger charge is 2.03. The molecule has 0 amide bonds. The summed E-state index contributed by atoms with van der Waals surface area (Å²) in [5.41, 5.74) is 3.89. The fraction of sp³-hybridized carbons (Fsp3) is 0.286. The van der Waals surface area contributed by atoms with Crippen LogP contribution in [0.2, 0.25) is 0 Å². The first-order chi connectivity index (χ1) is 8.72. The number of nitriles is 1. The quantitative estimate of drug-likeness (QED) is 0.894. The fourth-order valence-corrected chi connectivity index (χ4v) is 1.87. The van der Waals surface area contributed by atoms with E-state index in [9.17, 15) is 0 Å². The maximum atomic E-state index is 8.73. The predicted octanol–water partition coefficient (Wildman–Crippen LogP) is 2.70. The van der Waals surface area contributed by atoms with E-state index >= 15 is 0 Å². The fourth-order valence-electron chi connectivity index (χ4n) is 1.87. The molecule has 0 spiro atoms. The highest BCUT2D eigenvalue weighted by atomic mass is 15.3. The molecule has 0 bridgehead atoms. The van der Waals surface area contributed by atoms with E-state index in [4.69, 9.17) is 5.26 Å². The van der Waals surface area contributed by atoms with Gasteiger partial charge < -0.3 is 5.32 Å². The van der Waals surface area contributed by atoms with Crippen LogP contribution in [-0.4, -0.2) is 9.78 Å². The maximum Gasteiger partial charge on any atom is 0.0991 e. The Morgan fingerprint density at radius 2 is 2.06 bits per heavy atom. The van der Waals surface area contributed by atoms with Crippen LogP contribution in [0.25, 0.3) is 0 Å². The van der Waals surface area contributed by atoms with Gasteiger partial charge in [0.15, 0.2) is 0 Å². The first-order valence-corrected chi connectivity index (χ1v) is 6.00. The second-order valence-electron chi connectivity index (χ2n) is 4.14. The van der Waals surface area contributed by atoms with Crippen molar-refractivity contribution in [2.75, 3.05) is 5.32 Å². The Balaban J connectivity index is 2.04. The number of nitrogens with one attached hydrogen (secondary N) is 1. The van der Waals surface area contributed by atoms with Crippen molar-refractivity contribution in [2.24, 2.45) is 0 Å². The van der Waals surface area contributed by atoms with Crippen LogP contribution < -0.4 is 5.32 Å². The number of aromatic nitrogens is 2. The Kier molecular flexibility index (Phi) is 3.63. The Hall–Kier alpha value is -2.28. The molecule has 2 aromatic rings. The third-order valence-corrected chi connectivity index (χ3v) is 2.77. The summed E-state index contributed by atoms with van der Waals surface area (Å²) in [7, 11) is 0. The van der Waals surface area contributed by atoms with Gasteiger partial charge in [0.2, 0.25) is 0 Å². The average Bonchev–Trinajstić information content (AvgIpc) is 2.77. The van der Waals surface area contributed by atoms with E-state index < -0.39 is 0 Å². The smallest absolute Gasteiger partial charge is 0.0991 e. The van der Waals surface area contributed by atoms with Gasteiger partial charge >= 0.3 is 0 Å². The predicted molar refractivity (Wildman–Crippen MR) is 71.1 cm³/mol. The number of hydrogen-bond donors (Lipinski definition) is 1. The van der Waals surface area contributed by atoms with Crippen molar-refractivity contribution in [1.82, 2.24) is 9.78 Å². The summed E-state index contributed by atoms with van der Waals surface area (Å²) < 4.78 is 1.99. The Labute approximate surface area is 107 Å². The van der Waals surface area contributed by atoms with E-state index in [2.05, 4.69) is 29.5 Å². The van der Waals surface area contributed by atoms with Gasteiger partial charge in [-0.2, -0.15) is 10.4 Å². The van der Waals surface area contributed by atoms with Gasteiger partial charge in [-0.05, 0) is 44.2 Å².